The van der Waals surface area contributed by atoms with Crippen LogP contribution < -0.4 is 16.8 Å². The molecule has 0 fully saturated rings. The van der Waals surface area contributed by atoms with Gasteiger partial charge in [-0.3, -0.25) is 4.79 Å². The third-order valence-electron chi connectivity index (χ3n) is 3.54. The molecule has 0 spiro atoms. The van der Waals surface area contributed by atoms with Gasteiger partial charge in [0.15, 0.2) is 0 Å². The number of benzene rings is 2. The van der Waals surface area contributed by atoms with Crippen molar-refractivity contribution in [2.24, 2.45) is 10.2 Å². The number of aryl methyl sites for hydroxylation is 1. The van der Waals surface area contributed by atoms with Crippen LogP contribution in [0.15, 0.2) is 40.6 Å². The second-order valence-corrected chi connectivity index (χ2v) is 5.41. The van der Waals surface area contributed by atoms with Gasteiger partial charge in [-0.2, -0.15) is 10.2 Å². The maximum absolute atomic E-state index is 12.6. The van der Waals surface area contributed by atoms with E-state index in [2.05, 4.69) is 15.5 Å². The lowest BCUT2D eigenvalue weighted by Crippen LogP contribution is -2.14. The summed E-state index contributed by atoms with van der Waals surface area (Å²) in [5.74, 6) is -0.293. The van der Waals surface area contributed by atoms with Crippen LogP contribution in [0.1, 0.15) is 28.4 Å². The van der Waals surface area contributed by atoms with Gasteiger partial charge in [0.1, 0.15) is 5.69 Å². The Kier molecular flexibility index (Phi) is 4.93. The molecule has 0 heterocycles. The molecular formula is C17H20N6O. The normalized spacial score (nSPS) is 10.8. The molecule has 0 aliphatic carbocycles. The van der Waals surface area contributed by atoms with Gasteiger partial charge >= 0.3 is 0 Å². The van der Waals surface area contributed by atoms with Crippen LogP contribution in [0.25, 0.3) is 0 Å². The summed E-state index contributed by atoms with van der Waals surface area (Å²) in [6.07, 6.45) is 0. The molecular weight excluding hydrogens is 304 g/mol. The summed E-state index contributed by atoms with van der Waals surface area (Å²) >= 11 is 0. The van der Waals surface area contributed by atoms with E-state index in [1.165, 1.54) is 7.05 Å². The van der Waals surface area contributed by atoms with Crippen molar-refractivity contribution in [3.8, 4) is 0 Å². The van der Waals surface area contributed by atoms with E-state index in [0.717, 1.165) is 5.56 Å². The van der Waals surface area contributed by atoms with E-state index >= 15 is 0 Å². The molecule has 2 aromatic rings. The first-order chi connectivity index (χ1) is 11.3. The number of amides is 1. The van der Waals surface area contributed by atoms with Crippen LogP contribution in [0, 0.1) is 12.3 Å². The van der Waals surface area contributed by atoms with Gasteiger partial charge in [0.05, 0.1) is 5.69 Å². The zero-order valence-electron chi connectivity index (χ0n) is 13.8. The topological polar surface area (TPSA) is 130 Å². The first-order valence-corrected chi connectivity index (χ1v) is 7.30. The fraction of sp³-hybridized carbons (Fsp3) is 0.176. The lowest BCUT2D eigenvalue weighted by atomic mass is 10.0. The predicted molar refractivity (Wildman–Crippen MR) is 97.3 cm³/mol. The highest BCUT2D eigenvalue weighted by molar-refractivity contribution is 6.08. The minimum Gasteiger partial charge on any atom is -0.398 e. The Balaban J connectivity index is 2.35. The molecule has 24 heavy (non-hydrogen) atoms. The molecule has 7 heteroatoms. The van der Waals surface area contributed by atoms with Crippen LogP contribution in [0.2, 0.25) is 0 Å². The lowest BCUT2D eigenvalue weighted by molar-refractivity contribution is 0.102. The number of nitrogens with two attached hydrogens (primary N) is 2. The molecule has 1 amide bonds. The van der Waals surface area contributed by atoms with Gasteiger partial charge in [-0.1, -0.05) is 0 Å². The monoisotopic (exact) mass is 324 g/mol. The Morgan fingerprint density at radius 1 is 1.12 bits per heavy atom. The molecule has 0 aliphatic rings. The van der Waals surface area contributed by atoms with Crippen molar-refractivity contribution >= 4 is 34.4 Å². The number of hydrogen-bond donors (Lipinski definition) is 4. The number of nitrogens with zero attached hydrogens (tertiary/aromatic N) is 2. The second-order valence-electron chi connectivity index (χ2n) is 5.41. The van der Waals surface area contributed by atoms with Gasteiger partial charge in [0, 0.05) is 35.3 Å². The SMILES string of the molecule is CN=Nc1cc(C(=O)Nc2ccc(N)c(C(C)=N)c2)c(C)cc1N. The summed E-state index contributed by atoms with van der Waals surface area (Å²) in [4.78, 5) is 12.6. The number of anilines is 3. The van der Waals surface area contributed by atoms with Crippen molar-refractivity contribution in [2.75, 3.05) is 23.8 Å². The number of hydrogen-bond acceptors (Lipinski definition) is 6. The van der Waals surface area contributed by atoms with Crippen LogP contribution in [0.5, 0.6) is 0 Å². The molecule has 0 atom stereocenters. The smallest absolute Gasteiger partial charge is 0.256 e. The fourth-order valence-electron chi connectivity index (χ4n) is 2.32. The maximum atomic E-state index is 12.6. The van der Waals surface area contributed by atoms with Gasteiger partial charge in [-0.05, 0) is 49.7 Å². The summed E-state index contributed by atoms with van der Waals surface area (Å²) in [6.45, 7) is 3.44. The van der Waals surface area contributed by atoms with Crippen LogP contribution >= 0.6 is 0 Å². The average Bonchev–Trinajstić information content (AvgIpc) is 2.51. The molecule has 0 saturated heterocycles. The lowest BCUT2D eigenvalue weighted by Gasteiger charge is -2.12. The van der Waals surface area contributed by atoms with Crippen molar-refractivity contribution < 1.29 is 4.79 Å². The highest BCUT2D eigenvalue weighted by Gasteiger charge is 2.13. The number of nitrogen functional groups attached to an aromatic ring is 2. The molecule has 0 aliphatic heterocycles. The zero-order valence-corrected chi connectivity index (χ0v) is 13.8. The number of carbonyl (C=O) groups is 1. The van der Waals surface area contributed by atoms with Crippen molar-refractivity contribution in [1.29, 1.82) is 5.41 Å². The van der Waals surface area contributed by atoms with Gasteiger partial charge in [-0.15, -0.1) is 0 Å². The van der Waals surface area contributed by atoms with Crippen LogP contribution in [0.4, 0.5) is 22.7 Å². The number of nitrogens with one attached hydrogen (secondary N) is 2. The summed E-state index contributed by atoms with van der Waals surface area (Å²) in [7, 11) is 1.54. The summed E-state index contributed by atoms with van der Waals surface area (Å²) in [5.41, 5.74) is 15.8. The van der Waals surface area contributed by atoms with Gasteiger partial charge in [0.2, 0.25) is 0 Å². The fourth-order valence-corrected chi connectivity index (χ4v) is 2.32. The van der Waals surface area contributed by atoms with Crippen molar-refractivity contribution in [2.45, 2.75) is 13.8 Å². The van der Waals surface area contributed by atoms with E-state index in [0.29, 0.717) is 39.6 Å². The maximum Gasteiger partial charge on any atom is 0.256 e. The van der Waals surface area contributed by atoms with Crippen molar-refractivity contribution in [3.05, 3.63) is 47.0 Å². The van der Waals surface area contributed by atoms with E-state index < -0.39 is 0 Å². The highest BCUT2D eigenvalue weighted by Crippen LogP contribution is 2.27. The van der Waals surface area contributed by atoms with E-state index in [1.807, 2.05) is 0 Å². The van der Waals surface area contributed by atoms with Crippen molar-refractivity contribution in [1.82, 2.24) is 0 Å². The zero-order chi connectivity index (χ0) is 17.9. The molecule has 7 nitrogen and oxygen atoms in total. The predicted octanol–water partition coefficient (Wildman–Crippen LogP) is 3.51. The first-order valence-electron chi connectivity index (χ1n) is 7.30. The second kappa shape index (κ2) is 6.91. The number of azo groups is 1. The van der Waals surface area contributed by atoms with E-state index in [1.54, 1.807) is 44.2 Å². The Bertz CT molecular complexity index is 841. The standard InChI is InChI=1S/C17H20N6O/c1-9-6-15(20)16(23-21-3)8-12(9)17(24)22-11-4-5-14(19)13(7-11)10(2)18/h4-8,18H,19-20H2,1-3H3,(H,22,24). The molecule has 6 N–H and O–H groups in total. The van der Waals surface area contributed by atoms with Gasteiger partial charge < -0.3 is 22.2 Å². The molecule has 0 saturated carbocycles. The third-order valence-corrected chi connectivity index (χ3v) is 3.54. The minimum absolute atomic E-state index is 0.293. The summed E-state index contributed by atoms with van der Waals surface area (Å²) < 4.78 is 0. The molecule has 2 aromatic carbocycles. The summed E-state index contributed by atoms with van der Waals surface area (Å²) in [5, 5.41) is 18.1. The Morgan fingerprint density at radius 2 is 1.83 bits per heavy atom. The van der Waals surface area contributed by atoms with E-state index in [4.69, 9.17) is 16.9 Å². The van der Waals surface area contributed by atoms with Crippen molar-refractivity contribution in [3.63, 3.8) is 0 Å². The first kappa shape index (κ1) is 17.1. The Morgan fingerprint density at radius 3 is 2.46 bits per heavy atom. The van der Waals surface area contributed by atoms with Gasteiger partial charge in [0.25, 0.3) is 5.91 Å². The van der Waals surface area contributed by atoms with Crippen LogP contribution in [-0.2, 0) is 0 Å². The quantitative estimate of drug-likeness (QED) is 0.390. The highest BCUT2D eigenvalue weighted by atomic mass is 16.1. The van der Waals surface area contributed by atoms with E-state index in [9.17, 15) is 4.79 Å². The molecule has 0 aromatic heterocycles. The van der Waals surface area contributed by atoms with E-state index in [-0.39, 0.29) is 5.91 Å². The number of carbonyl (C=O) groups excluding carboxylic acids is 1. The summed E-state index contributed by atoms with van der Waals surface area (Å²) in [6, 6.07) is 8.32. The Labute approximate surface area is 140 Å². The Hall–Kier alpha value is -3.22. The van der Waals surface area contributed by atoms with Crippen LogP contribution in [0.3, 0.4) is 0 Å². The average molecular weight is 324 g/mol. The number of rotatable bonds is 4. The molecule has 0 unspecified atom stereocenters. The third kappa shape index (κ3) is 3.57. The van der Waals surface area contributed by atoms with Gasteiger partial charge in [-0.25, -0.2) is 0 Å². The molecule has 124 valence electrons. The van der Waals surface area contributed by atoms with Crippen LogP contribution in [-0.4, -0.2) is 18.7 Å². The largest absolute Gasteiger partial charge is 0.398 e. The molecule has 0 bridgehead atoms. The molecule has 0 radical (unpaired) electrons. The minimum atomic E-state index is -0.293. The molecule has 2 rings (SSSR count).